The van der Waals surface area contributed by atoms with Crippen molar-refractivity contribution in [3.63, 3.8) is 0 Å². The summed E-state index contributed by atoms with van der Waals surface area (Å²) in [7, 11) is 0. The number of ketones is 1. The van der Waals surface area contributed by atoms with Gasteiger partial charge in [0.1, 0.15) is 6.61 Å². The number of halogens is 2. The minimum absolute atomic E-state index is 0.0880. The fourth-order valence-corrected chi connectivity index (χ4v) is 2.61. The van der Waals surface area contributed by atoms with Crippen LogP contribution in [0.2, 0.25) is 10.0 Å². The van der Waals surface area contributed by atoms with Crippen LogP contribution in [0.5, 0.6) is 0 Å². The molecule has 1 aliphatic carbocycles. The number of rotatable bonds is 4. The van der Waals surface area contributed by atoms with Gasteiger partial charge in [-0.05, 0) is 31.0 Å². The van der Waals surface area contributed by atoms with Gasteiger partial charge >= 0.3 is 0 Å². The first-order valence-corrected chi connectivity index (χ1v) is 7.02. The van der Waals surface area contributed by atoms with Gasteiger partial charge in [-0.2, -0.15) is 0 Å². The topological polar surface area (TPSA) is 26.3 Å². The summed E-state index contributed by atoms with van der Waals surface area (Å²) in [6.07, 6.45) is 5.98. The Labute approximate surface area is 117 Å². The second kappa shape index (κ2) is 6.55. The highest BCUT2D eigenvalue weighted by molar-refractivity contribution is 6.35. The van der Waals surface area contributed by atoms with Crippen LogP contribution in [0.15, 0.2) is 18.2 Å². The number of ether oxygens (including phenoxy) is 1. The lowest BCUT2D eigenvalue weighted by atomic mass is 9.98. The van der Waals surface area contributed by atoms with Crippen molar-refractivity contribution in [1.82, 2.24) is 0 Å². The predicted molar refractivity (Wildman–Crippen MR) is 73.6 cm³/mol. The molecule has 0 atom stereocenters. The smallest absolute Gasteiger partial charge is 0.190 e. The van der Waals surface area contributed by atoms with E-state index in [2.05, 4.69) is 0 Å². The van der Waals surface area contributed by atoms with E-state index in [1.54, 1.807) is 18.2 Å². The number of hydrogen-bond donors (Lipinski definition) is 0. The van der Waals surface area contributed by atoms with Crippen molar-refractivity contribution in [2.75, 3.05) is 6.61 Å². The Morgan fingerprint density at radius 3 is 2.67 bits per heavy atom. The van der Waals surface area contributed by atoms with Crippen molar-refractivity contribution in [2.24, 2.45) is 0 Å². The molecule has 0 bridgehead atoms. The monoisotopic (exact) mass is 286 g/mol. The zero-order chi connectivity index (χ0) is 13.0. The van der Waals surface area contributed by atoms with E-state index in [4.69, 9.17) is 27.9 Å². The molecule has 1 aromatic carbocycles. The maximum Gasteiger partial charge on any atom is 0.190 e. The molecule has 0 amide bonds. The minimum atomic E-state index is -0.104. The lowest BCUT2D eigenvalue weighted by Gasteiger charge is -2.21. The van der Waals surface area contributed by atoms with Crippen molar-refractivity contribution in [3.8, 4) is 0 Å². The number of hydrogen-bond acceptors (Lipinski definition) is 2. The maximum absolute atomic E-state index is 12.0. The summed E-state index contributed by atoms with van der Waals surface area (Å²) in [4.78, 5) is 12.0. The van der Waals surface area contributed by atoms with E-state index in [9.17, 15) is 4.79 Å². The van der Waals surface area contributed by atoms with Gasteiger partial charge in [0.2, 0.25) is 0 Å². The first-order valence-electron chi connectivity index (χ1n) is 6.26. The molecular formula is C14H16Cl2O2. The molecule has 98 valence electrons. The van der Waals surface area contributed by atoms with E-state index < -0.39 is 0 Å². The summed E-state index contributed by atoms with van der Waals surface area (Å²) in [6.45, 7) is 0.0880. The highest BCUT2D eigenvalue weighted by atomic mass is 35.5. The first kappa shape index (κ1) is 13.9. The van der Waals surface area contributed by atoms with E-state index in [1.165, 1.54) is 19.3 Å². The lowest BCUT2D eigenvalue weighted by Crippen LogP contribution is -2.21. The Bertz CT molecular complexity index is 426. The van der Waals surface area contributed by atoms with Crippen LogP contribution < -0.4 is 0 Å². The quantitative estimate of drug-likeness (QED) is 0.761. The molecule has 1 aromatic rings. The Kier molecular flexibility index (Phi) is 5.04. The van der Waals surface area contributed by atoms with Gasteiger partial charge in [-0.3, -0.25) is 4.79 Å². The molecular weight excluding hydrogens is 271 g/mol. The summed E-state index contributed by atoms with van der Waals surface area (Å²) in [5, 5.41) is 0.942. The average molecular weight is 287 g/mol. The molecule has 0 spiro atoms. The summed E-state index contributed by atoms with van der Waals surface area (Å²) < 4.78 is 5.64. The standard InChI is InChI=1S/C14H16Cl2O2/c15-10-6-7-13(16)12(8-10)14(17)9-18-11-4-2-1-3-5-11/h6-8,11H,1-5,9H2. The Morgan fingerprint density at radius 2 is 1.94 bits per heavy atom. The average Bonchev–Trinajstić information content (AvgIpc) is 2.40. The molecule has 0 unspecified atom stereocenters. The molecule has 1 aliphatic rings. The molecule has 1 saturated carbocycles. The summed E-state index contributed by atoms with van der Waals surface area (Å²) in [6, 6.07) is 4.90. The second-order valence-electron chi connectivity index (χ2n) is 4.62. The highest BCUT2D eigenvalue weighted by Crippen LogP contribution is 2.23. The van der Waals surface area contributed by atoms with Crippen molar-refractivity contribution < 1.29 is 9.53 Å². The van der Waals surface area contributed by atoms with Gasteiger partial charge in [0, 0.05) is 10.6 Å². The van der Waals surface area contributed by atoms with Crippen molar-refractivity contribution >= 4 is 29.0 Å². The van der Waals surface area contributed by atoms with E-state index in [1.807, 2.05) is 0 Å². The van der Waals surface area contributed by atoms with E-state index in [0.29, 0.717) is 15.6 Å². The van der Waals surface area contributed by atoms with Crippen LogP contribution in [0.4, 0.5) is 0 Å². The van der Waals surface area contributed by atoms with E-state index in [-0.39, 0.29) is 18.5 Å². The van der Waals surface area contributed by atoms with Gasteiger partial charge in [0.25, 0.3) is 0 Å². The Morgan fingerprint density at radius 1 is 1.22 bits per heavy atom. The Hall–Kier alpha value is -0.570. The van der Waals surface area contributed by atoms with Crippen LogP contribution in [0.1, 0.15) is 42.5 Å². The van der Waals surface area contributed by atoms with Crippen LogP contribution in [0.3, 0.4) is 0 Å². The first-order chi connectivity index (χ1) is 8.66. The molecule has 0 radical (unpaired) electrons. The van der Waals surface area contributed by atoms with Gasteiger partial charge in [0.15, 0.2) is 5.78 Å². The molecule has 0 saturated heterocycles. The molecule has 0 aromatic heterocycles. The molecule has 2 nitrogen and oxygen atoms in total. The largest absolute Gasteiger partial charge is 0.370 e. The van der Waals surface area contributed by atoms with E-state index >= 15 is 0 Å². The van der Waals surface area contributed by atoms with Gasteiger partial charge in [0.05, 0.1) is 11.1 Å². The zero-order valence-corrected chi connectivity index (χ0v) is 11.6. The van der Waals surface area contributed by atoms with Crippen molar-refractivity contribution in [1.29, 1.82) is 0 Å². The summed E-state index contributed by atoms with van der Waals surface area (Å²) in [5.74, 6) is -0.104. The normalized spacial score (nSPS) is 16.8. The molecule has 4 heteroatoms. The van der Waals surface area contributed by atoms with Crippen LogP contribution in [-0.2, 0) is 4.74 Å². The third-order valence-electron chi connectivity index (χ3n) is 3.23. The number of carbonyl (C=O) groups excluding carboxylic acids is 1. The minimum Gasteiger partial charge on any atom is -0.370 e. The van der Waals surface area contributed by atoms with Gasteiger partial charge in [-0.15, -0.1) is 0 Å². The number of Topliss-reactive ketones (excluding diaryl/α,β-unsaturated/α-hetero) is 1. The van der Waals surface area contributed by atoms with Gasteiger partial charge in [-0.25, -0.2) is 0 Å². The second-order valence-corrected chi connectivity index (χ2v) is 5.46. The molecule has 2 rings (SSSR count). The van der Waals surface area contributed by atoms with E-state index in [0.717, 1.165) is 12.8 Å². The third kappa shape index (κ3) is 3.71. The molecule has 18 heavy (non-hydrogen) atoms. The van der Waals surface area contributed by atoms with Crippen LogP contribution in [-0.4, -0.2) is 18.5 Å². The number of carbonyl (C=O) groups is 1. The number of benzene rings is 1. The maximum atomic E-state index is 12.0. The van der Waals surface area contributed by atoms with Crippen LogP contribution >= 0.6 is 23.2 Å². The van der Waals surface area contributed by atoms with Crippen molar-refractivity contribution in [3.05, 3.63) is 33.8 Å². The SMILES string of the molecule is O=C(COC1CCCCC1)c1cc(Cl)ccc1Cl. The summed E-state index contributed by atoms with van der Waals surface area (Å²) >= 11 is 11.8. The third-order valence-corrected chi connectivity index (χ3v) is 3.80. The lowest BCUT2D eigenvalue weighted by molar-refractivity contribution is 0.0284. The van der Waals surface area contributed by atoms with Crippen LogP contribution in [0, 0.1) is 0 Å². The van der Waals surface area contributed by atoms with Gasteiger partial charge < -0.3 is 4.74 Å². The molecule has 0 heterocycles. The van der Waals surface area contributed by atoms with Crippen molar-refractivity contribution in [2.45, 2.75) is 38.2 Å². The van der Waals surface area contributed by atoms with Crippen LogP contribution in [0.25, 0.3) is 0 Å². The predicted octanol–water partition coefficient (Wildman–Crippen LogP) is 4.53. The summed E-state index contributed by atoms with van der Waals surface area (Å²) in [5.41, 5.74) is 0.444. The highest BCUT2D eigenvalue weighted by Gasteiger charge is 2.17. The fraction of sp³-hybridized carbons (Fsp3) is 0.500. The Balaban J connectivity index is 1.92. The molecule has 1 fully saturated rings. The molecule has 0 N–H and O–H groups in total. The fourth-order valence-electron chi connectivity index (χ4n) is 2.21. The zero-order valence-electron chi connectivity index (χ0n) is 10.1. The van der Waals surface area contributed by atoms with Gasteiger partial charge in [-0.1, -0.05) is 42.5 Å². The molecule has 0 aliphatic heterocycles.